The van der Waals surface area contributed by atoms with E-state index in [2.05, 4.69) is 0 Å². The minimum atomic E-state index is -1.51. The lowest BCUT2D eigenvalue weighted by Gasteiger charge is -2.11. The molecule has 0 saturated carbocycles. The number of hydrogen-bond acceptors (Lipinski definition) is 4. The van der Waals surface area contributed by atoms with Crippen molar-refractivity contribution in [3.63, 3.8) is 0 Å². The van der Waals surface area contributed by atoms with E-state index < -0.39 is 24.1 Å². The van der Waals surface area contributed by atoms with Gasteiger partial charge in [-0.3, -0.25) is 9.59 Å². The molecule has 0 fully saturated rings. The summed E-state index contributed by atoms with van der Waals surface area (Å²) in [5.74, 6) is -2.69. The molecule has 0 bridgehead atoms. The molecule has 0 aromatic rings. The molecule has 0 aliphatic rings. The second kappa shape index (κ2) is 7.19. The van der Waals surface area contributed by atoms with Crippen LogP contribution in [0.25, 0.3) is 0 Å². The van der Waals surface area contributed by atoms with Crippen molar-refractivity contribution in [2.75, 3.05) is 0 Å². The maximum atomic E-state index is 10.7. The molecule has 6 heteroatoms. The molecule has 0 aromatic heterocycles. The second-order valence-electron chi connectivity index (χ2n) is 3.38. The van der Waals surface area contributed by atoms with Gasteiger partial charge in [0, 0.05) is 6.42 Å². The van der Waals surface area contributed by atoms with Gasteiger partial charge in [-0.15, -0.1) is 0 Å². The lowest BCUT2D eigenvalue weighted by atomic mass is 9.97. The van der Waals surface area contributed by atoms with Gasteiger partial charge in [-0.05, 0) is 25.7 Å². The molecule has 0 heterocycles. The topological polar surface area (TPSA) is 115 Å². The summed E-state index contributed by atoms with van der Waals surface area (Å²) in [4.78, 5) is 20.9. The summed E-state index contributed by atoms with van der Waals surface area (Å²) >= 11 is 0. The van der Waals surface area contributed by atoms with Crippen molar-refractivity contribution in [1.82, 2.24) is 0 Å². The standard InChI is InChI=1S/C9H16O6/c10-7(11)3-1-2-6(9(14)15)4-5-8(12)13/h6,8,12-13H,1-5H2,(H,10,11)(H,14,15). The molecule has 0 rings (SSSR count). The monoisotopic (exact) mass is 220 g/mol. The Morgan fingerprint density at radius 2 is 1.60 bits per heavy atom. The molecule has 88 valence electrons. The normalized spacial score (nSPS) is 12.7. The molecule has 1 unspecified atom stereocenters. The van der Waals surface area contributed by atoms with E-state index in [9.17, 15) is 9.59 Å². The van der Waals surface area contributed by atoms with Gasteiger partial charge in [-0.25, -0.2) is 0 Å². The Kier molecular flexibility index (Phi) is 6.64. The Hall–Kier alpha value is -1.14. The van der Waals surface area contributed by atoms with Crippen LogP contribution in [-0.4, -0.2) is 38.7 Å². The van der Waals surface area contributed by atoms with E-state index in [4.69, 9.17) is 20.4 Å². The highest BCUT2D eigenvalue weighted by Gasteiger charge is 2.18. The fraction of sp³-hybridized carbons (Fsp3) is 0.778. The Bertz CT molecular complexity index is 213. The van der Waals surface area contributed by atoms with Gasteiger partial charge in [0.1, 0.15) is 0 Å². The summed E-state index contributed by atoms with van der Waals surface area (Å²) in [6.07, 6.45) is -0.907. The van der Waals surface area contributed by atoms with E-state index in [0.717, 1.165) is 0 Å². The molecule has 0 aliphatic heterocycles. The maximum absolute atomic E-state index is 10.7. The fourth-order valence-electron chi connectivity index (χ4n) is 1.24. The zero-order valence-electron chi connectivity index (χ0n) is 8.30. The van der Waals surface area contributed by atoms with Gasteiger partial charge in [0.25, 0.3) is 0 Å². The minimum Gasteiger partial charge on any atom is -0.481 e. The predicted octanol–water partition coefficient (Wildman–Crippen LogP) is 0.0330. The Morgan fingerprint density at radius 3 is 2.00 bits per heavy atom. The quantitative estimate of drug-likeness (QED) is 0.429. The third kappa shape index (κ3) is 7.90. The molecular formula is C9H16O6. The Labute approximate surface area is 87.2 Å². The van der Waals surface area contributed by atoms with Crippen LogP contribution in [0.15, 0.2) is 0 Å². The van der Waals surface area contributed by atoms with Gasteiger partial charge >= 0.3 is 11.9 Å². The summed E-state index contributed by atoms with van der Waals surface area (Å²) in [5, 5.41) is 34.2. The average Bonchev–Trinajstić information content (AvgIpc) is 2.09. The average molecular weight is 220 g/mol. The van der Waals surface area contributed by atoms with Crippen LogP contribution in [0.3, 0.4) is 0 Å². The highest BCUT2D eigenvalue weighted by molar-refractivity contribution is 5.70. The molecule has 6 nitrogen and oxygen atoms in total. The molecule has 0 radical (unpaired) electrons. The smallest absolute Gasteiger partial charge is 0.306 e. The van der Waals surface area contributed by atoms with Crippen LogP contribution >= 0.6 is 0 Å². The SMILES string of the molecule is O=C(O)CCCC(CCC(O)O)C(=O)O. The fourth-order valence-corrected chi connectivity index (χ4v) is 1.24. The third-order valence-electron chi connectivity index (χ3n) is 2.07. The summed E-state index contributed by atoms with van der Waals surface area (Å²) in [6, 6.07) is 0. The van der Waals surface area contributed by atoms with Gasteiger partial charge in [0.15, 0.2) is 6.29 Å². The lowest BCUT2D eigenvalue weighted by molar-refractivity contribution is -0.144. The number of carboxylic acid groups (broad SMARTS) is 2. The molecule has 15 heavy (non-hydrogen) atoms. The van der Waals surface area contributed by atoms with Gasteiger partial charge in [0.2, 0.25) is 0 Å². The van der Waals surface area contributed by atoms with Crippen LogP contribution in [0.4, 0.5) is 0 Å². The molecule has 1 atom stereocenters. The predicted molar refractivity (Wildman–Crippen MR) is 50.1 cm³/mol. The van der Waals surface area contributed by atoms with Crippen LogP contribution in [0.1, 0.15) is 32.1 Å². The first kappa shape index (κ1) is 13.9. The van der Waals surface area contributed by atoms with E-state index >= 15 is 0 Å². The zero-order valence-corrected chi connectivity index (χ0v) is 8.30. The summed E-state index contributed by atoms with van der Waals surface area (Å²) in [6.45, 7) is 0. The van der Waals surface area contributed by atoms with Gasteiger partial charge in [-0.2, -0.15) is 0 Å². The van der Waals surface area contributed by atoms with Crippen molar-refractivity contribution < 1.29 is 30.0 Å². The lowest BCUT2D eigenvalue weighted by Crippen LogP contribution is -2.17. The van der Waals surface area contributed by atoms with Crippen molar-refractivity contribution in [3.05, 3.63) is 0 Å². The van der Waals surface area contributed by atoms with E-state index in [1.807, 2.05) is 0 Å². The largest absolute Gasteiger partial charge is 0.481 e. The third-order valence-corrected chi connectivity index (χ3v) is 2.07. The molecular weight excluding hydrogens is 204 g/mol. The molecule has 0 spiro atoms. The number of hydrogen-bond donors (Lipinski definition) is 4. The van der Waals surface area contributed by atoms with Gasteiger partial charge in [0.05, 0.1) is 5.92 Å². The van der Waals surface area contributed by atoms with Crippen molar-refractivity contribution >= 4 is 11.9 Å². The molecule has 0 aliphatic carbocycles. The van der Waals surface area contributed by atoms with Gasteiger partial charge in [-0.1, -0.05) is 0 Å². The highest BCUT2D eigenvalue weighted by Crippen LogP contribution is 2.16. The number of aliphatic hydroxyl groups is 2. The van der Waals surface area contributed by atoms with Crippen LogP contribution < -0.4 is 0 Å². The van der Waals surface area contributed by atoms with E-state index in [0.29, 0.717) is 0 Å². The Morgan fingerprint density at radius 1 is 1.00 bits per heavy atom. The van der Waals surface area contributed by atoms with Crippen molar-refractivity contribution in [2.45, 2.75) is 38.4 Å². The number of carbonyl (C=O) groups is 2. The molecule has 4 N–H and O–H groups in total. The summed E-state index contributed by atoms with van der Waals surface area (Å²) < 4.78 is 0. The number of rotatable bonds is 8. The first-order valence-corrected chi connectivity index (χ1v) is 4.74. The van der Waals surface area contributed by atoms with Crippen LogP contribution in [0.5, 0.6) is 0 Å². The van der Waals surface area contributed by atoms with Crippen LogP contribution in [0.2, 0.25) is 0 Å². The summed E-state index contributed by atoms with van der Waals surface area (Å²) in [5.41, 5.74) is 0. The highest BCUT2D eigenvalue weighted by atomic mass is 16.5. The van der Waals surface area contributed by atoms with Crippen LogP contribution in [-0.2, 0) is 9.59 Å². The number of carboxylic acids is 2. The molecule has 0 aromatic carbocycles. The summed E-state index contributed by atoms with van der Waals surface area (Å²) in [7, 11) is 0. The number of aliphatic carboxylic acids is 2. The van der Waals surface area contributed by atoms with Gasteiger partial charge < -0.3 is 20.4 Å². The van der Waals surface area contributed by atoms with E-state index in [1.54, 1.807) is 0 Å². The Balaban J connectivity index is 3.83. The van der Waals surface area contributed by atoms with E-state index in [1.165, 1.54) is 0 Å². The zero-order chi connectivity index (χ0) is 11.8. The van der Waals surface area contributed by atoms with Crippen LogP contribution in [0, 0.1) is 5.92 Å². The minimum absolute atomic E-state index is 0.00988. The van der Waals surface area contributed by atoms with Crippen molar-refractivity contribution in [2.24, 2.45) is 5.92 Å². The first-order chi connectivity index (χ1) is 6.93. The van der Waals surface area contributed by atoms with Crippen molar-refractivity contribution in [3.8, 4) is 0 Å². The second-order valence-corrected chi connectivity index (χ2v) is 3.38. The molecule has 0 saturated heterocycles. The van der Waals surface area contributed by atoms with E-state index in [-0.39, 0.29) is 32.1 Å². The first-order valence-electron chi connectivity index (χ1n) is 4.74. The molecule has 0 amide bonds. The number of aliphatic hydroxyl groups excluding tert-OH is 1. The maximum Gasteiger partial charge on any atom is 0.306 e. The van der Waals surface area contributed by atoms with Crippen molar-refractivity contribution in [1.29, 1.82) is 0 Å².